The van der Waals surface area contributed by atoms with E-state index in [1.165, 1.54) is 4.90 Å². The van der Waals surface area contributed by atoms with Crippen molar-refractivity contribution in [2.75, 3.05) is 23.5 Å². The summed E-state index contributed by atoms with van der Waals surface area (Å²) < 4.78 is 0. The van der Waals surface area contributed by atoms with Crippen LogP contribution in [0.25, 0.3) is 0 Å². The van der Waals surface area contributed by atoms with Gasteiger partial charge in [0, 0.05) is 17.1 Å². The fourth-order valence-corrected chi connectivity index (χ4v) is 2.24. The maximum atomic E-state index is 9.38. The van der Waals surface area contributed by atoms with Crippen LogP contribution in [0, 0.1) is 0 Å². The molecule has 2 N–H and O–H groups in total. The van der Waals surface area contributed by atoms with Gasteiger partial charge in [-0.3, -0.25) is 0 Å². The lowest BCUT2D eigenvalue weighted by Crippen LogP contribution is -2.20. The highest BCUT2D eigenvalue weighted by Gasteiger charge is 2.04. The largest absolute Gasteiger partial charge is 0.390 e. The van der Waals surface area contributed by atoms with Gasteiger partial charge in [-0.25, -0.2) is 0 Å². The van der Waals surface area contributed by atoms with Gasteiger partial charge in [-0.2, -0.15) is 0 Å². The predicted octanol–water partition coefficient (Wildman–Crippen LogP) is 3.20. The van der Waals surface area contributed by atoms with Gasteiger partial charge in [0.05, 0.1) is 12.0 Å². The molecule has 2 nitrogen and oxygen atoms in total. The fourth-order valence-electron chi connectivity index (χ4n) is 1.23. The lowest BCUT2D eigenvalue weighted by atomic mass is 10.3. The topological polar surface area (TPSA) is 32.3 Å². The first-order chi connectivity index (χ1) is 7.77. The quantitative estimate of drug-likeness (QED) is 0.583. The molecule has 0 saturated heterocycles. The van der Waals surface area contributed by atoms with E-state index in [1.54, 1.807) is 0 Å². The SMILES string of the molecule is CCCSc1ccccc1NCC(O)CCl. The van der Waals surface area contributed by atoms with Crippen LogP contribution in [0.2, 0.25) is 0 Å². The van der Waals surface area contributed by atoms with Crippen LogP contribution in [0.3, 0.4) is 0 Å². The summed E-state index contributed by atoms with van der Waals surface area (Å²) in [6, 6.07) is 8.14. The third-order valence-electron chi connectivity index (χ3n) is 2.06. The number of nitrogens with one attached hydrogen (secondary N) is 1. The number of thioether (sulfide) groups is 1. The molecule has 1 aromatic carbocycles. The minimum atomic E-state index is -0.495. The molecule has 0 fully saturated rings. The van der Waals surface area contributed by atoms with Crippen LogP contribution in [0.5, 0.6) is 0 Å². The van der Waals surface area contributed by atoms with Crippen LogP contribution < -0.4 is 5.32 Å². The van der Waals surface area contributed by atoms with Crippen LogP contribution in [0.4, 0.5) is 5.69 Å². The number of aliphatic hydroxyl groups excluding tert-OH is 1. The summed E-state index contributed by atoms with van der Waals surface area (Å²) in [6.45, 7) is 2.66. The monoisotopic (exact) mass is 259 g/mol. The number of anilines is 1. The average Bonchev–Trinajstić information content (AvgIpc) is 2.34. The van der Waals surface area contributed by atoms with Gasteiger partial charge in [0.15, 0.2) is 0 Å². The fraction of sp³-hybridized carbons (Fsp3) is 0.500. The van der Waals surface area contributed by atoms with Gasteiger partial charge < -0.3 is 10.4 Å². The number of para-hydroxylation sites is 1. The Morgan fingerprint density at radius 1 is 1.44 bits per heavy atom. The van der Waals surface area contributed by atoms with E-state index in [-0.39, 0.29) is 5.88 Å². The Hall–Kier alpha value is -0.380. The van der Waals surface area contributed by atoms with Crippen LogP contribution in [-0.2, 0) is 0 Å². The molecule has 0 heterocycles. The summed E-state index contributed by atoms with van der Waals surface area (Å²) in [5.74, 6) is 1.37. The maximum Gasteiger partial charge on any atom is 0.0847 e. The van der Waals surface area contributed by atoms with Crippen LogP contribution in [0.1, 0.15) is 13.3 Å². The molecule has 0 aliphatic carbocycles. The molecular weight excluding hydrogens is 242 g/mol. The lowest BCUT2D eigenvalue weighted by Gasteiger charge is -2.13. The summed E-state index contributed by atoms with van der Waals surface area (Å²) in [4.78, 5) is 1.23. The summed E-state index contributed by atoms with van der Waals surface area (Å²) in [5.41, 5.74) is 1.07. The zero-order valence-corrected chi connectivity index (χ0v) is 11.0. The number of benzene rings is 1. The molecule has 0 spiro atoms. The minimum absolute atomic E-state index is 0.261. The molecular formula is C12H18ClNOS. The Balaban J connectivity index is 2.56. The highest BCUT2D eigenvalue weighted by molar-refractivity contribution is 7.99. The van der Waals surface area contributed by atoms with E-state index < -0.39 is 6.10 Å². The molecule has 16 heavy (non-hydrogen) atoms. The molecule has 1 rings (SSSR count). The molecule has 4 heteroatoms. The van der Waals surface area contributed by atoms with Crippen molar-refractivity contribution in [3.63, 3.8) is 0 Å². The number of alkyl halides is 1. The van der Waals surface area contributed by atoms with E-state index >= 15 is 0 Å². The molecule has 1 aromatic rings. The van der Waals surface area contributed by atoms with Crippen molar-refractivity contribution in [1.82, 2.24) is 0 Å². The van der Waals surface area contributed by atoms with Gasteiger partial charge in [-0.05, 0) is 24.3 Å². The molecule has 0 aromatic heterocycles. The van der Waals surface area contributed by atoms with E-state index in [1.807, 2.05) is 30.0 Å². The van der Waals surface area contributed by atoms with Crippen LogP contribution >= 0.6 is 23.4 Å². The Kier molecular flexibility index (Phi) is 6.69. The molecule has 0 saturated carbocycles. The van der Waals surface area contributed by atoms with Crippen LogP contribution in [-0.4, -0.2) is 29.4 Å². The van der Waals surface area contributed by atoms with Gasteiger partial charge in [0.2, 0.25) is 0 Å². The highest BCUT2D eigenvalue weighted by atomic mass is 35.5. The zero-order valence-electron chi connectivity index (χ0n) is 9.45. The normalized spacial score (nSPS) is 12.4. The van der Waals surface area contributed by atoms with Crippen molar-refractivity contribution in [1.29, 1.82) is 0 Å². The lowest BCUT2D eigenvalue weighted by molar-refractivity contribution is 0.211. The number of aliphatic hydroxyl groups is 1. The Morgan fingerprint density at radius 3 is 2.88 bits per heavy atom. The maximum absolute atomic E-state index is 9.38. The number of rotatable bonds is 7. The second-order valence-corrected chi connectivity index (χ2v) is 4.98. The average molecular weight is 260 g/mol. The van der Waals surface area contributed by atoms with Crippen molar-refractivity contribution < 1.29 is 5.11 Å². The first-order valence-corrected chi connectivity index (χ1v) is 6.99. The number of halogens is 1. The van der Waals surface area contributed by atoms with Crippen molar-refractivity contribution >= 4 is 29.1 Å². The Bertz CT molecular complexity index is 309. The van der Waals surface area contributed by atoms with Crippen LogP contribution in [0.15, 0.2) is 29.2 Å². The number of hydrogen-bond acceptors (Lipinski definition) is 3. The van der Waals surface area contributed by atoms with Gasteiger partial charge in [0.1, 0.15) is 0 Å². The van der Waals surface area contributed by atoms with E-state index in [4.69, 9.17) is 11.6 Å². The Morgan fingerprint density at radius 2 is 2.19 bits per heavy atom. The molecule has 0 aliphatic rings. The minimum Gasteiger partial charge on any atom is -0.390 e. The van der Waals surface area contributed by atoms with E-state index in [0.29, 0.717) is 6.54 Å². The van der Waals surface area contributed by atoms with E-state index in [2.05, 4.69) is 18.3 Å². The molecule has 0 bridgehead atoms. The third-order valence-corrected chi connectivity index (χ3v) is 3.69. The summed E-state index contributed by atoms with van der Waals surface area (Å²) in [6.07, 6.45) is 0.662. The first kappa shape index (κ1) is 13.7. The first-order valence-electron chi connectivity index (χ1n) is 5.47. The van der Waals surface area contributed by atoms with Crippen molar-refractivity contribution in [3.05, 3.63) is 24.3 Å². The smallest absolute Gasteiger partial charge is 0.0847 e. The van der Waals surface area contributed by atoms with Crippen molar-refractivity contribution in [3.8, 4) is 0 Å². The second kappa shape index (κ2) is 7.82. The van der Waals surface area contributed by atoms with Crippen molar-refractivity contribution in [2.24, 2.45) is 0 Å². The Labute approximate surface area is 106 Å². The molecule has 0 aliphatic heterocycles. The highest BCUT2D eigenvalue weighted by Crippen LogP contribution is 2.27. The van der Waals surface area contributed by atoms with Gasteiger partial charge in [-0.15, -0.1) is 23.4 Å². The zero-order chi connectivity index (χ0) is 11.8. The molecule has 0 radical (unpaired) electrons. The standard InChI is InChI=1S/C12H18ClNOS/c1-2-7-16-12-6-4-3-5-11(12)14-9-10(15)8-13/h3-6,10,14-15H,2,7-9H2,1H3. The van der Waals surface area contributed by atoms with Crippen molar-refractivity contribution in [2.45, 2.75) is 24.3 Å². The van der Waals surface area contributed by atoms with E-state index in [0.717, 1.165) is 17.9 Å². The summed E-state index contributed by atoms with van der Waals surface area (Å²) in [7, 11) is 0. The van der Waals surface area contributed by atoms with Gasteiger partial charge in [-0.1, -0.05) is 19.1 Å². The molecule has 1 unspecified atom stereocenters. The molecule has 90 valence electrons. The van der Waals surface area contributed by atoms with Gasteiger partial charge >= 0.3 is 0 Å². The molecule has 0 amide bonds. The molecule has 1 atom stereocenters. The number of hydrogen-bond donors (Lipinski definition) is 2. The third kappa shape index (κ3) is 4.64. The second-order valence-electron chi connectivity index (χ2n) is 3.53. The summed E-state index contributed by atoms with van der Waals surface area (Å²) >= 11 is 7.38. The summed E-state index contributed by atoms with van der Waals surface area (Å²) in [5, 5.41) is 12.6. The van der Waals surface area contributed by atoms with E-state index in [9.17, 15) is 5.11 Å². The predicted molar refractivity (Wildman–Crippen MR) is 72.7 cm³/mol. The van der Waals surface area contributed by atoms with Gasteiger partial charge in [0.25, 0.3) is 0 Å².